The maximum atomic E-state index is 13.1. The van der Waals surface area contributed by atoms with Crippen molar-refractivity contribution in [1.29, 1.82) is 0 Å². The van der Waals surface area contributed by atoms with Gasteiger partial charge in [0.2, 0.25) is 5.91 Å². The Hall–Kier alpha value is -3.39. The Morgan fingerprint density at radius 3 is 2.09 bits per heavy atom. The number of carboxylic acids is 1. The zero-order chi connectivity index (χ0) is 24.9. The van der Waals surface area contributed by atoms with Gasteiger partial charge in [0.1, 0.15) is 19.2 Å². The smallest absolute Gasteiger partial charge is 0.407 e. The van der Waals surface area contributed by atoms with Crippen LogP contribution in [0.3, 0.4) is 0 Å². The van der Waals surface area contributed by atoms with Crippen LogP contribution >= 0.6 is 0 Å². The summed E-state index contributed by atoms with van der Waals surface area (Å²) >= 11 is 0. The van der Waals surface area contributed by atoms with Gasteiger partial charge in [-0.2, -0.15) is 0 Å². The van der Waals surface area contributed by atoms with Crippen molar-refractivity contribution in [2.24, 2.45) is 5.41 Å². The second kappa shape index (κ2) is 10.7. The first-order valence-electron chi connectivity index (χ1n) is 11.2. The highest BCUT2D eigenvalue weighted by atomic mass is 16.5. The molecule has 2 aromatic rings. The summed E-state index contributed by atoms with van der Waals surface area (Å²) in [5, 5.41) is 11.8. The van der Waals surface area contributed by atoms with E-state index in [0.29, 0.717) is 0 Å². The van der Waals surface area contributed by atoms with Gasteiger partial charge in [0.15, 0.2) is 0 Å². The zero-order valence-electron chi connectivity index (χ0n) is 20.0. The molecule has 0 unspecified atom stereocenters. The molecule has 182 valence electrons. The minimum Gasteiger partial charge on any atom is -0.480 e. The van der Waals surface area contributed by atoms with Gasteiger partial charge in [-0.15, -0.1) is 0 Å². The van der Waals surface area contributed by atoms with Gasteiger partial charge in [0.25, 0.3) is 0 Å². The number of carbonyl (C=O) groups excluding carboxylic acids is 2. The fourth-order valence-corrected chi connectivity index (χ4v) is 4.29. The fraction of sp³-hybridized carbons (Fsp3) is 0.423. The number of fused-ring (bicyclic) bond motifs is 3. The van der Waals surface area contributed by atoms with Gasteiger partial charge in [-0.1, -0.05) is 69.3 Å². The van der Waals surface area contributed by atoms with Crippen LogP contribution in [0.25, 0.3) is 11.1 Å². The topological polar surface area (TPSA) is 105 Å². The van der Waals surface area contributed by atoms with Gasteiger partial charge in [-0.05, 0) is 27.7 Å². The van der Waals surface area contributed by atoms with E-state index in [2.05, 4.69) is 5.32 Å². The average molecular weight is 469 g/mol. The van der Waals surface area contributed by atoms with E-state index < -0.39 is 30.6 Å². The number of alkyl carbamates (subject to hydrolysis) is 1. The van der Waals surface area contributed by atoms with Crippen molar-refractivity contribution in [2.75, 3.05) is 33.4 Å². The number of nitrogens with zero attached hydrogens (tertiary/aromatic N) is 1. The largest absolute Gasteiger partial charge is 0.480 e. The van der Waals surface area contributed by atoms with Crippen LogP contribution in [-0.2, 0) is 19.1 Å². The minimum atomic E-state index is -1.13. The molecule has 2 N–H and O–H groups in total. The molecule has 0 heterocycles. The Morgan fingerprint density at radius 2 is 1.59 bits per heavy atom. The number of benzene rings is 2. The lowest BCUT2D eigenvalue weighted by Crippen LogP contribution is -2.53. The summed E-state index contributed by atoms with van der Waals surface area (Å²) in [4.78, 5) is 38.3. The van der Waals surface area contributed by atoms with E-state index in [1.165, 1.54) is 12.0 Å². The molecule has 2 aromatic carbocycles. The average Bonchev–Trinajstić information content (AvgIpc) is 3.09. The van der Waals surface area contributed by atoms with Crippen molar-refractivity contribution in [1.82, 2.24) is 10.2 Å². The van der Waals surface area contributed by atoms with E-state index >= 15 is 0 Å². The molecule has 34 heavy (non-hydrogen) atoms. The summed E-state index contributed by atoms with van der Waals surface area (Å²) in [6.07, 6.45) is -0.761. The molecule has 0 saturated heterocycles. The van der Waals surface area contributed by atoms with Crippen LogP contribution in [-0.4, -0.2) is 67.4 Å². The molecule has 0 saturated carbocycles. The number of methoxy groups -OCH3 is 1. The van der Waals surface area contributed by atoms with Crippen molar-refractivity contribution in [2.45, 2.75) is 32.7 Å². The quantitative estimate of drug-likeness (QED) is 0.584. The van der Waals surface area contributed by atoms with E-state index in [-0.39, 0.29) is 31.1 Å². The van der Waals surface area contributed by atoms with Gasteiger partial charge in [0, 0.05) is 19.6 Å². The fourth-order valence-electron chi connectivity index (χ4n) is 4.29. The van der Waals surface area contributed by atoms with Crippen LogP contribution in [0.4, 0.5) is 4.79 Å². The molecule has 8 nitrogen and oxygen atoms in total. The molecule has 3 rings (SSSR count). The number of hydrogen-bond donors (Lipinski definition) is 2. The highest BCUT2D eigenvalue weighted by molar-refractivity contribution is 5.88. The van der Waals surface area contributed by atoms with E-state index in [4.69, 9.17) is 9.47 Å². The maximum absolute atomic E-state index is 13.1. The molecule has 0 bridgehead atoms. The van der Waals surface area contributed by atoms with Crippen LogP contribution in [0.15, 0.2) is 48.5 Å². The predicted molar refractivity (Wildman–Crippen MR) is 128 cm³/mol. The molecule has 0 spiro atoms. The first-order chi connectivity index (χ1) is 16.1. The van der Waals surface area contributed by atoms with Crippen LogP contribution in [0.2, 0.25) is 0 Å². The minimum absolute atomic E-state index is 0.106. The number of carboxylic acid groups (broad SMARTS) is 1. The zero-order valence-corrected chi connectivity index (χ0v) is 20.0. The van der Waals surface area contributed by atoms with Crippen molar-refractivity contribution < 1.29 is 29.0 Å². The summed E-state index contributed by atoms with van der Waals surface area (Å²) in [7, 11) is 1.41. The first-order valence-corrected chi connectivity index (χ1v) is 11.2. The Morgan fingerprint density at radius 1 is 1.03 bits per heavy atom. The molecule has 0 fully saturated rings. The number of rotatable bonds is 9. The molecule has 1 aliphatic carbocycles. The number of amides is 2. The molecule has 8 heteroatoms. The third-order valence-corrected chi connectivity index (χ3v) is 5.57. The second-order valence-electron chi connectivity index (χ2n) is 9.63. The van der Waals surface area contributed by atoms with E-state index in [1.54, 1.807) is 0 Å². The molecule has 0 radical (unpaired) electrons. The molecule has 1 atom stereocenters. The number of ether oxygens (including phenoxy) is 2. The summed E-state index contributed by atoms with van der Waals surface area (Å²) in [6, 6.07) is 14.9. The number of aliphatic carboxylic acids is 1. The van der Waals surface area contributed by atoms with Crippen LogP contribution < -0.4 is 5.32 Å². The molecule has 0 aromatic heterocycles. The summed E-state index contributed by atoms with van der Waals surface area (Å²) in [5.41, 5.74) is 4.07. The highest BCUT2D eigenvalue weighted by Gasteiger charge is 2.32. The lowest BCUT2D eigenvalue weighted by atomic mass is 9.95. The van der Waals surface area contributed by atoms with E-state index in [9.17, 15) is 19.5 Å². The van der Waals surface area contributed by atoms with Crippen molar-refractivity contribution in [3.05, 3.63) is 59.7 Å². The SMILES string of the molecule is COC[C@H](NC(=O)OCC1c2ccccc2-c2ccccc21)C(=O)N(CC(=O)O)CC(C)(C)C. The number of carbonyl (C=O) groups is 3. The standard InChI is InChI=1S/C26H32N2O6/c1-26(2,3)16-28(13-23(29)30)24(31)22(15-33-4)27-25(32)34-14-21-19-11-7-5-9-17(19)18-10-6-8-12-20(18)21/h5-12,21-22H,13-16H2,1-4H3,(H,27,32)(H,29,30)/t22-/m0/s1. The summed E-state index contributed by atoms with van der Waals surface area (Å²) in [5.74, 6) is -1.78. The lowest BCUT2D eigenvalue weighted by molar-refractivity contribution is -0.146. The van der Waals surface area contributed by atoms with Crippen LogP contribution in [0, 0.1) is 5.41 Å². The van der Waals surface area contributed by atoms with Gasteiger partial charge in [0.05, 0.1) is 6.61 Å². The normalized spacial score (nSPS) is 13.5. The molecular weight excluding hydrogens is 436 g/mol. The Kier molecular flexibility index (Phi) is 7.94. The summed E-state index contributed by atoms with van der Waals surface area (Å²) < 4.78 is 10.7. The highest BCUT2D eigenvalue weighted by Crippen LogP contribution is 2.44. The summed E-state index contributed by atoms with van der Waals surface area (Å²) in [6.45, 7) is 5.45. The molecule has 0 aliphatic heterocycles. The van der Waals surface area contributed by atoms with E-state index in [1.807, 2.05) is 69.3 Å². The second-order valence-corrected chi connectivity index (χ2v) is 9.63. The lowest BCUT2D eigenvalue weighted by Gasteiger charge is -2.31. The number of nitrogens with one attached hydrogen (secondary N) is 1. The monoisotopic (exact) mass is 468 g/mol. The molecule has 2 amide bonds. The van der Waals surface area contributed by atoms with Crippen LogP contribution in [0.1, 0.15) is 37.8 Å². The predicted octanol–water partition coefficient (Wildman–Crippen LogP) is 3.50. The van der Waals surface area contributed by atoms with Gasteiger partial charge >= 0.3 is 12.1 Å². The molecule has 1 aliphatic rings. The third-order valence-electron chi connectivity index (χ3n) is 5.57. The van der Waals surface area contributed by atoms with Crippen LogP contribution in [0.5, 0.6) is 0 Å². The van der Waals surface area contributed by atoms with Crippen molar-refractivity contribution in [3.8, 4) is 11.1 Å². The van der Waals surface area contributed by atoms with Crippen molar-refractivity contribution >= 4 is 18.0 Å². The van der Waals surface area contributed by atoms with Gasteiger partial charge in [-0.3, -0.25) is 9.59 Å². The van der Waals surface area contributed by atoms with Gasteiger partial charge < -0.3 is 24.8 Å². The molecular formula is C26H32N2O6. The van der Waals surface area contributed by atoms with Crippen molar-refractivity contribution in [3.63, 3.8) is 0 Å². The Balaban J connectivity index is 1.69. The maximum Gasteiger partial charge on any atom is 0.407 e. The number of hydrogen-bond acceptors (Lipinski definition) is 5. The van der Waals surface area contributed by atoms with E-state index in [0.717, 1.165) is 22.3 Å². The third kappa shape index (κ3) is 6.14. The Bertz CT molecular complexity index is 1000. The van der Waals surface area contributed by atoms with Gasteiger partial charge in [-0.25, -0.2) is 4.79 Å². The first kappa shape index (κ1) is 25.2. The Labute approximate surface area is 199 Å².